The van der Waals surface area contributed by atoms with Gasteiger partial charge in [-0.2, -0.15) is 0 Å². The molecule has 0 fully saturated rings. The number of thiazole rings is 1. The lowest BCUT2D eigenvalue weighted by Crippen LogP contribution is -2.23. The molecule has 2 aromatic rings. The maximum absolute atomic E-state index is 13.5. The zero-order valence-corrected chi connectivity index (χ0v) is 12.5. The van der Waals surface area contributed by atoms with E-state index in [-0.39, 0.29) is 5.56 Å². The third-order valence-electron chi connectivity index (χ3n) is 3.11. The molecule has 1 heterocycles. The molecule has 1 atom stereocenters. The maximum atomic E-state index is 13.5. The van der Waals surface area contributed by atoms with Crippen LogP contribution < -0.4 is 0 Å². The van der Waals surface area contributed by atoms with Gasteiger partial charge in [-0.25, -0.2) is 13.8 Å². The highest BCUT2D eigenvalue weighted by atomic mass is 32.1. The Balaban J connectivity index is 1.92. The van der Waals surface area contributed by atoms with Gasteiger partial charge in [-0.1, -0.05) is 0 Å². The molecule has 1 aromatic carbocycles. The second kappa shape index (κ2) is 6.87. The molecule has 1 aromatic heterocycles. The Bertz CT molecular complexity index is 642. The first-order valence-corrected chi connectivity index (χ1v) is 7.37. The van der Waals surface area contributed by atoms with E-state index in [1.807, 2.05) is 6.92 Å². The Kier molecular flexibility index (Phi) is 5.14. The summed E-state index contributed by atoms with van der Waals surface area (Å²) in [5, 5.41) is 0. The molecule has 0 aliphatic heterocycles. The molecule has 0 radical (unpaired) electrons. The molecule has 0 spiro atoms. The maximum Gasteiger partial charge on any atom is 0.194 e. The predicted molar refractivity (Wildman–Crippen MR) is 76.7 cm³/mol. The molecule has 1 unspecified atom stereocenters. The molecule has 0 aliphatic rings. The van der Waals surface area contributed by atoms with Crippen LogP contribution in [0.1, 0.15) is 27.9 Å². The van der Waals surface area contributed by atoms with Gasteiger partial charge in [0.15, 0.2) is 5.78 Å². The van der Waals surface area contributed by atoms with Crippen molar-refractivity contribution in [1.29, 1.82) is 0 Å². The van der Waals surface area contributed by atoms with E-state index in [9.17, 15) is 13.6 Å². The van der Waals surface area contributed by atoms with Crippen molar-refractivity contribution in [2.45, 2.75) is 26.4 Å². The lowest BCUT2D eigenvalue weighted by atomic mass is 10.1. The normalized spacial score (nSPS) is 12.4. The van der Waals surface area contributed by atoms with Gasteiger partial charge in [0.25, 0.3) is 0 Å². The van der Waals surface area contributed by atoms with Crippen LogP contribution in [0.3, 0.4) is 0 Å². The number of carbonyl (C=O) groups excluding carboxylic acids is 1. The number of carbonyl (C=O) groups is 1. The molecule has 0 saturated heterocycles. The van der Waals surface area contributed by atoms with E-state index in [0.717, 1.165) is 22.7 Å². The van der Waals surface area contributed by atoms with E-state index in [1.54, 1.807) is 12.4 Å². The van der Waals surface area contributed by atoms with E-state index >= 15 is 0 Å². The van der Waals surface area contributed by atoms with Crippen LogP contribution in [0.2, 0.25) is 0 Å². The fourth-order valence-corrected chi connectivity index (χ4v) is 2.64. The Morgan fingerprint density at radius 2 is 2.19 bits per heavy atom. The average Bonchev–Trinajstić information content (AvgIpc) is 2.83. The molecule has 21 heavy (non-hydrogen) atoms. The van der Waals surface area contributed by atoms with Crippen LogP contribution in [0.4, 0.5) is 8.78 Å². The molecule has 112 valence electrons. The van der Waals surface area contributed by atoms with Crippen LogP contribution in [0, 0.1) is 18.6 Å². The lowest BCUT2D eigenvalue weighted by Gasteiger charge is -2.12. The number of rotatable bonds is 6. The number of Topliss-reactive ketones (excluding diaryl/α,β-unsaturated/α-hetero) is 1. The largest absolute Gasteiger partial charge is 0.370 e. The highest BCUT2D eigenvalue weighted by molar-refractivity contribution is 7.09. The summed E-state index contributed by atoms with van der Waals surface area (Å²) >= 11 is 1.53. The Morgan fingerprint density at radius 3 is 2.81 bits per heavy atom. The fraction of sp³-hybridized carbons (Fsp3) is 0.333. The van der Waals surface area contributed by atoms with Crippen LogP contribution in [-0.4, -0.2) is 23.5 Å². The summed E-state index contributed by atoms with van der Waals surface area (Å²) in [5.74, 6) is -2.07. The SMILES string of the molecule is Cc1ncsc1CCOC(C)C(=O)c1ccc(F)cc1F. The molecule has 6 heteroatoms. The number of aryl methyl sites for hydroxylation is 1. The molecule has 0 bridgehead atoms. The van der Waals surface area contributed by atoms with E-state index in [4.69, 9.17) is 4.74 Å². The van der Waals surface area contributed by atoms with Crippen molar-refractivity contribution in [3.8, 4) is 0 Å². The van der Waals surface area contributed by atoms with Crippen molar-refractivity contribution in [2.75, 3.05) is 6.61 Å². The first kappa shape index (κ1) is 15.7. The Morgan fingerprint density at radius 1 is 1.43 bits per heavy atom. The molecular formula is C15H15F2NO2S. The predicted octanol–water partition coefficient (Wildman–Crippen LogP) is 3.56. The van der Waals surface area contributed by atoms with Gasteiger partial charge in [0, 0.05) is 17.4 Å². The molecule has 0 aliphatic carbocycles. The van der Waals surface area contributed by atoms with Crippen molar-refractivity contribution in [2.24, 2.45) is 0 Å². The smallest absolute Gasteiger partial charge is 0.194 e. The van der Waals surface area contributed by atoms with Gasteiger partial charge >= 0.3 is 0 Å². The quantitative estimate of drug-likeness (QED) is 0.766. The van der Waals surface area contributed by atoms with E-state index in [0.29, 0.717) is 19.1 Å². The van der Waals surface area contributed by atoms with Gasteiger partial charge in [-0.3, -0.25) is 4.79 Å². The summed E-state index contributed by atoms with van der Waals surface area (Å²) in [6.45, 7) is 3.82. The van der Waals surface area contributed by atoms with Crippen molar-refractivity contribution >= 4 is 17.1 Å². The number of ether oxygens (including phenoxy) is 1. The van der Waals surface area contributed by atoms with Crippen molar-refractivity contribution < 1.29 is 18.3 Å². The summed E-state index contributed by atoms with van der Waals surface area (Å²) in [7, 11) is 0. The van der Waals surface area contributed by atoms with Gasteiger partial charge in [-0.15, -0.1) is 11.3 Å². The highest BCUT2D eigenvalue weighted by Crippen LogP contribution is 2.15. The standard InChI is InChI=1S/C15H15F2NO2S/c1-9-14(21-8-18-9)5-6-20-10(2)15(19)12-4-3-11(16)7-13(12)17/h3-4,7-8,10H,5-6H2,1-2H3. The van der Waals surface area contributed by atoms with Crippen LogP contribution in [0.5, 0.6) is 0 Å². The average molecular weight is 311 g/mol. The summed E-state index contributed by atoms with van der Waals surface area (Å²) in [6.07, 6.45) is -0.127. The van der Waals surface area contributed by atoms with Gasteiger partial charge in [-0.05, 0) is 26.0 Å². The Labute approximate surface area is 125 Å². The van der Waals surface area contributed by atoms with Gasteiger partial charge in [0.05, 0.1) is 23.4 Å². The first-order valence-electron chi connectivity index (χ1n) is 6.49. The van der Waals surface area contributed by atoms with E-state index in [1.165, 1.54) is 11.3 Å². The Hall–Kier alpha value is -1.66. The van der Waals surface area contributed by atoms with Crippen molar-refractivity contribution in [3.63, 3.8) is 0 Å². The molecule has 2 rings (SSSR count). The monoisotopic (exact) mass is 311 g/mol. The number of ketones is 1. The van der Waals surface area contributed by atoms with E-state index in [2.05, 4.69) is 4.98 Å². The van der Waals surface area contributed by atoms with Crippen LogP contribution in [-0.2, 0) is 11.2 Å². The van der Waals surface area contributed by atoms with Crippen LogP contribution in [0.25, 0.3) is 0 Å². The minimum absolute atomic E-state index is 0.155. The van der Waals surface area contributed by atoms with Gasteiger partial charge in [0.2, 0.25) is 0 Å². The summed E-state index contributed by atoms with van der Waals surface area (Å²) in [4.78, 5) is 17.3. The van der Waals surface area contributed by atoms with Gasteiger partial charge in [0.1, 0.15) is 17.7 Å². The number of aromatic nitrogens is 1. The number of hydrogen-bond donors (Lipinski definition) is 0. The second-order valence-corrected chi connectivity index (χ2v) is 5.55. The third-order valence-corrected chi connectivity index (χ3v) is 4.10. The first-order chi connectivity index (χ1) is 9.99. The fourth-order valence-electron chi connectivity index (χ4n) is 1.88. The summed E-state index contributed by atoms with van der Waals surface area (Å²) < 4.78 is 31.8. The van der Waals surface area contributed by atoms with Gasteiger partial charge < -0.3 is 4.74 Å². The number of halogens is 2. The molecular weight excluding hydrogens is 296 g/mol. The molecule has 0 amide bonds. The summed E-state index contributed by atoms with van der Waals surface area (Å²) in [6, 6.07) is 2.89. The zero-order chi connectivity index (χ0) is 15.4. The molecule has 3 nitrogen and oxygen atoms in total. The minimum atomic E-state index is -0.867. The summed E-state index contributed by atoms with van der Waals surface area (Å²) in [5.41, 5.74) is 2.55. The van der Waals surface area contributed by atoms with Crippen molar-refractivity contribution in [1.82, 2.24) is 4.98 Å². The molecule has 0 N–H and O–H groups in total. The van der Waals surface area contributed by atoms with Crippen LogP contribution >= 0.6 is 11.3 Å². The topological polar surface area (TPSA) is 39.2 Å². The number of hydrogen-bond acceptors (Lipinski definition) is 4. The molecule has 0 saturated carbocycles. The number of nitrogens with zero attached hydrogens (tertiary/aromatic N) is 1. The van der Waals surface area contributed by atoms with E-state index < -0.39 is 23.5 Å². The lowest BCUT2D eigenvalue weighted by molar-refractivity contribution is 0.0484. The second-order valence-electron chi connectivity index (χ2n) is 4.61. The van der Waals surface area contributed by atoms with Crippen LogP contribution in [0.15, 0.2) is 23.7 Å². The third kappa shape index (κ3) is 3.92. The van der Waals surface area contributed by atoms with Crippen molar-refractivity contribution in [3.05, 3.63) is 51.5 Å². The highest BCUT2D eigenvalue weighted by Gasteiger charge is 2.19. The zero-order valence-electron chi connectivity index (χ0n) is 11.7. The minimum Gasteiger partial charge on any atom is -0.370 e. The number of benzene rings is 1.